The summed E-state index contributed by atoms with van der Waals surface area (Å²) in [6.07, 6.45) is 0.531. The first-order valence-corrected chi connectivity index (χ1v) is 5.34. The fraction of sp³-hybridized carbons (Fsp3) is 0.333. The van der Waals surface area contributed by atoms with Crippen molar-refractivity contribution in [1.82, 2.24) is 10.6 Å². The summed E-state index contributed by atoms with van der Waals surface area (Å²) in [6, 6.07) is 9.14. The topological polar surface area (TPSA) is 78.4 Å². The van der Waals surface area contributed by atoms with Crippen molar-refractivity contribution in [3.8, 4) is 0 Å². The molecular formula is C12H16N2O3. The van der Waals surface area contributed by atoms with Crippen molar-refractivity contribution in [2.75, 3.05) is 13.6 Å². The Bertz CT molecular complexity index is 379. The van der Waals surface area contributed by atoms with Gasteiger partial charge in [-0.25, -0.2) is 0 Å². The Morgan fingerprint density at radius 1 is 1.29 bits per heavy atom. The van der Waals surface area contributed by atoms with Gasteiger partial charge in [0.1, 0.15) is 6.54 Å². The quantitative estimate of drug-likeness (QED) is 0.650. The molecule has 92 valence electrons. The number of carbonyl (C=O) groups is 2. The summed E-state index contributed by atoms with van der Waals surface area (Å²) in [4.78, 5) is 22.0. The fourth-order valence-corrected chi connectivity index (χ4v) is 1.46. The van der Waals surface area contributed by atoms with Crippen LogP contribution in [0.2, 0.25) is 0 Å². The molecule has 5 heteroatoms. The zero-order valence-electron chi connectivity index (χ0n) is 9.64. The van der Waals surface area contributed by atoms with Gasteiger partial charge in [-0.1, -0.05) is 30.3 Å². The number of hydrogen-bond acceptors (Lipinski definition) is 3. The van der Waals surface area contributed by atoms with E-state index in [9.17, 15) is 9.59 Å². The van der Waals surface area contributed by atoms with Crippen molar-refractivity contribution in [3.05, 3.63) is 35.9 Å². The van der Waals surface area contributed by atoms with E-state index in [1.54, 1.807) is 7.05 Å². The van der Waals surface area contributed by atoms with E-state index >= 15 is 0 Å². The lowest BCUT2D eigenvalue weighted by atomic mass is 10.1. The van der Waals surface area contributed by atoms with Crippen LogP contribution in [0.4, 0.5) is 0 Å². The standard InChI is InChI=1S/C12H16N2O3/c1-13-10(12(17)14-8-11(15)16)7-9-5-3-2-4-6-9/h2-6,10,13H,7-8H2,1H3,(H,14,17)(H,15,16)/t10-/m0/s1. The van der Waals surface area contributed by atoms with Gasteiger partial charge in [0, 0.05) is 0 Å². The van der Waals surface area contributed by atoms with Gasteiger partial charge in [-0.05, 0) is 19.0 Å². The highest BCUT2D eigenvalue weighted by molar-refractivity contribution is 5.85. The third-order valence-corrected chi connectivity index (χ3v) is 2.36. The Balaban J connectivity index is 2.53. The van der Waals surface area contributed by atoms with E-state index in [4.69, 9.17) is 5.11 Å². The number of carboxylic acids is 1. The second-order valence-electron chi connectivity index (χ2n) is 3.64. The van der Waals surface area contributed by atoms with Gasteiger partial charge in [-0.15, -0.1) is 0 Å². The summed E-state index contributed by atoms with van der Waals surface area (Å²) in [5.74, 6) is -1.35. The average Bonchev–Trinajstić information content (AvgIpc) is 2.34. The Kier molecular flexibility index (Phi) is 5.16. The summed E-state index contributed by atoms with van der Waals surface area (Å²) >= 11 is 0. The van der Waals surface area contributed by atoms with Crippen molar-refractivity contribution >= 4 is 11.9 Å². The number of hydrogen-bond donors (Lipinski definition) is 3. The fourth-order valence-electron chi connectivity index (χ4n) is 1.46. The summed E-state index contributed by atoms with van der Waals surface area (Å²) in [5, 5.41) is 13.7. The molecule has 0 aliphatic heterocycles. The summed E-state index contributed by atoms with van der Waals surface area (Å²) in [7, 11) is 1.67. The molecule has 1 atom stereocenters. The Labute approximate surface area is 99.8 Å². The van der Waals surface area contributed by atoms with Crippen LogP contribution in [0.5, 0.6) is 0 Å². The molecule has 0 saturated carbocycles. The SMILES string of the molecule is CN[C@@H](Cc1ccccc1)C(=O)NCC(=O)O. The van der Waals surface area contributed by atoms with Gasteiger partial charge >= 0.3 is 5.97 Å². The number of likely N-dealkylation sites (N-methyl/N-ethyl adjacent to an activating group) is 1. The summed E-state index contributed by atoms with van der Waals surface area (Å²) < 4.78 is 0. The van der Waals surface area contributed by atoms with Crippen LogP contribution in [0.25, 0.3) is 0 Å². The van der Waals surface area contributed by atoms with Crippen LogP contribution in [-0.2, 0) is 16.0 Å². The predicted molar refractivity (Wildman–Crippen MR) is 63.6 cm³/mol. The molecule has 0 radical (unpaired) electrons. The van der Waals surface area contributed by atoms with Gasteiger partial charge in [-0.2, -0.15) is 0 Å². The molecule has 0 heterocycles. The first-order chi connectivity index (χ1) is 8.13. The molecule has 1 aromatic rings. The van der Waals surface area contributed by atoms with Crippen molar-refractivity contribution in [2.45, 2.75) is 12.5 Å². The maximum atomic E-state index is 11.6. The Hall–Kier alpha value is -1.88. The zero-order valence-corrected chi connectivity index (χ0v) is 9.64. The van der Waals surface area contributed by atoms with E-state index in [-0.39, 0.29) is 12.5 Å². The Morgan fingerprint density at radius 2 is 1.94 bits per heavy atom. The van der Waals surface area contributed by atoms with Crippen LogP contribution in [-0.4, -0.2) is 36.6 Å². The predicted octanol–water partition coefficient (Wildman–Crippen LogP) is 0.0179. The first kappa shape index (κ1) is 13.2. The minimum Gasteiger partial charge on any atom is -0.480 e. The number of carboxylic acid groups (broad SMARTS) is 1. The highest BCUT2D eigenvalue weighted by Crippen LogP contribution is 2.02. The van der Waals surface area contributed by atoms with Crippen LogP contribution >= 0.6 is 0 Å². The molecule has 0 aromatic heterocycles. The number of carbonyl (C=O) groups excluding carboxylic acids is 1. The molecule has 0 saturated heterocycles. The largest absolute Gasteiger partial charge is 0.480 e. The zero-order chi connectivity index (χ0) is 12.7. The van der Waals surface area contributed by atoms with Gasteiger partial charge in [-0.3, -0.25) is 9.59 Å². The summed E-state index contributed by atoms with van der Waals surface area (Å²) in [6.45, 7) is -0.355. The molecule has 1 aromatic carbocycles. The van der Waals surface area contributed by atoms with Gasteiger partial charge in [0.2, 0.25) is 5.91 Å². The normalized spacial score (nSPS) is 11.8. The van der Waals surface area contributed by atoms with E-state index < -0.39 is 12.0 Å². The first-order valence-electron chi connectivity index (χ1n) is 5.34. The van der Waals surface area contributed by atoms with Crippen molar-refractivity contribution in [3.63, 3.8) is 0 Å². The third kappa shape index (κ3) is 4.65. The Morgan fingerprint density at radius 3 is 2.47 bits per heavy atom. The van der Waals surface area contributed by atoms with Crippen LogP contribution in [0.3, 0.4) is 0 Å². The lowest BCUT2D eigenvalue weighted by molar-refractivity contribution is -0.138. The van der Waals surface area contributed by atoms with E-state index in [1.807, 2.05) is 30.3 Å². The van der Waals surface area contributed by atoms with Gasteiger partial charge in [0.05, 0.1) is 6.04 Å². The van der Waals surface area contributed by atoms with E-state index in [0.717, 1.165) is 5.56 Å². The molecule has 0 spiro atoms. The smallest absolute Gasteiger partial charge is 0.322 e. The molecule has 0 aliphatic rings. The number of amides is 1. The maximum absolute atomic E-state index is 11.6. The van der Waals surface area contributed by atoms with E-state index in [0.29, 0.717) is 6.42 Å². The molecule has 5 nitrogen and oxygen atoms in total. The van der Waals surface area contributed by atoms with Crippen LogP contribution in [0.1, 0.15) is 5.56 Å². The molecule has 1 amide bonds. The molecule has 0 aliphatic carbocycles. The lowest BCUT2D eigenvalue weighted by Gasteiger charge is -2.15. The number of benzene rings is 1. The van der Waals surface area contributed by atoms with E-state index in [2.05, 4.69) is 10.6 Å². The van der Waals surface area contributed by atoms with E-state index in [1.165, 1.54) is 0 Å². The number of aliphatic carboxylic acids is 1. The van der Waals surface area contributed by atoms with Crippen LogP contribution in [0.15, 0.2) is 30.3 Å². The molecule has 17 heavy (non-hydrogen) atoms. The van der Waals surface area contributed by atoms with Crippen molar-refractivity contribution < 1.29 is 14.7 Å². The highest BCUT2D eigenvalue weighted by Gasteiger charge is 2.16. The maximum Gasteiger partial charge on any atom is 0.322 e. The summed E-state index contributed by atoms with van der Waals surface area (Å²) in [5.41, 5.74) is 1.03. The second kappa shape index (κ2) is 6.65. The van der Waals surface area contributed by atoms with Crippen LogP contribution in [0, 0.1) is 0 Å². The van der Waals surface area contributed by atoms with Gasteiger partial charge in [0.25, 0.3) is 0 Å². The van der Waals surface area contributed by atoms with Crippen molar-refractivity contribution in [2.24, 2.45) is 0 Å². The lowest BCUT2D eigenvalue weighted by Crippen LogP contribution is -2.45. The third-order valence-electron chi connectivity index (χ3n) is 2.36. The second-order valence-corrected chi connectivity index (χ2v) is 3.64. The molecule has 0 fully saturated rings. The number of nitrogens with one attached hydrogen (secondary N) is 2. The van der Waals surface area contributed by atoms with Crippen LogP contribution < -0.4 is 10.6 Å². The highest BCUT2D eigenvalue weighted by atomic mass is 16.4. The number of rotatable bonds is 6. The molecular weight excluding hydrogens is 220 g/mol. The molecule has 0 unspecified atom stereocenters. The van der Waals surface area contributed by atoms with Gasteiger partial charge in [0.15, 0.2) is 0 Å². The molecule has 0 bridgehead atoms. The molecule has 1 rings (SSSR count). The van der Waals surface area contributed by atoms with Gasteiger partial charge < -0.3 is 15.7 Å². The van der Waals surface area contributed by atoms with Crippen molar-refractivity contribution in [1.29, 1.82) is 0 Å². The minimum atomic E-state index is -1.05. The minimum absolute atomic E-state index is 0.307. The average molecular weight is 236 g/mol. The monoisotopic (exact) mass is 236 g/mol. The molecule has 3 N–H and O–H groups in total.